The van der Waals surface area contributed by atoms with Crippen LogP contribution in [0, 0.1) is 5.92 Å². The van der Waals surface area contributed by atoms with Crippen molar-refractivity contribution in [1.29, 1.82) is 0 Å². The molecule has 22 heavy (non-hydrogen) atoms. The van der Waals surface area contributed by atoms with Crippen molar-refractivity contribution in [3.8, 4) is 0 Å². The van der Waals surface area contributed by atoms with Crippen LogP contribution in [0.2, 0.25) is 0 Å². The summed E-state index contributed by atoms with van der Waals surface area (Å²) in [6.07, 6.45) is 6.21. The van der Waals surface area contributed by atoms with E-state index in [1.807, 2.05) is 7.05 Å². The van der Waals surface area contributed by atoms with Crippen molar-refractivity contribution in [2.45, 2.75) is 39.0 Å². The molecule has 0 atom stereocenters. The van der Waals surface area contributed by atoms with Gasteiger partial charge < -0.3 is 20.3 Å². The molecule has 0 aromatic carbocycles. The summed E-state index contributed by atoms with van der Waals surface area (Å²) in [4.78, 5) is 6.83. The lowest BCUT2D eigenvalue weighted by Crippen LogP contribution is -2.39. The van der Waals surface area contributed by atoms with Gasteiger partial charge in [0, 0.05) is 33.9 Å². The van der Waals surface area contributed by atoms with Gasteiger partial charge in [0.05, 0.1) is 0 Å². The van der Waals surface area contributed by atoms with E-state index in [0.717, 1.165) is 38.0 Å². The highest BCUT2D eigenvalue weighted by atomic mass is 127. The second-order valence-electron chi connectivity index (χ2n) is 6.00. The summed E-state index contributed by atoms with van der Waals surface area (Å²) in [7, 11) is 3.55. The van der Waals surface area contributed by atoms with Crippen LogP contribution >= 0.6 is 24.0 Å². The molecule has 0 amide bonds. The normalized spacial score (nSPS) is 17.1. The van der Waals surface area contributed by atoms with Crippen LogP contribution in [0.1, 0.15) is 39.0 Å². The van der Waals surface area contributed by atoms with Crippen molar-refractivity contribution in [2.24, 2.45) is 10.9 Å². The summed E-state index contributed by atoms with van der Waals surface area (Å²) >= 11 is 0. The molecule has 0 aromatic heterocycles. The summed E-state index contributed by atoms with van der Waals surface area (Å²) in [5.74, 6) is 1.83. The summed E-state index contributed by atoms with van der Waals surface area (Å²) < 4.78 is 5.03. The average Bonchev–Trinajstić information content (AvgIpc) is 2.51. The molecular formula is C16H35IN4O. The van der Waals surface area contributed by atoms with Crippen molar-refractivity contribution in [3.05, 3.63) is 0 Å². The maximum absolute atomic E-state index is 5.03. The fourth-order valence-corrected chi connectivity index (χ4v) is 2.60. The van der Waals surface area contributed by atoms with E-state index >= 15 is 0 Å². The molecule has 0 aromatic rings. The van der Waals surface area contributed by atoms with Gasteiger partial charge in [-0.05, 0) is 57.7 Å². The number of hydrogen-bond donors (Lipinski definition) is 2. The van der Waals surface area contributed by atoms with Crippen molar-refractivity contribution >= 4 is 29.9 Å². The minimum Gasteiger partial charge on any atom is -0.385 e. The SMILES string of the molecule is CN=C(NCCCCN1CCC(C)CC1)NCCCOC.I. The molecule has 0 spiro atoms. The van der Waals surface area contributed by atoms with E-state index in [1.165, 1.54) is 45.3 Å². The lowest BCUT2D eigenvalue weighted by molar-refractivity contribution is 0.189. The number of unbranched alkanes of at least 4 members (excludes halogenated alkanes) is 1. The topological polar surface area (TPSA) is 48.9 Å². The Morgan fingerprint density at radius 2 is 1.77 bits per heavy atom. The molecule has 1 aliphatic heterocycles. The summed E-state index contributed by atoms with van der Waals surface area (Å²) in [6.45, 7) is 8.88. The first-order valence-corrected chi connectivity index (χ1v) is 8.42. The zero-order valence-electron chi connectivity index (χ0n) is 14.6. The predicted octanol–water partition coefficient (Wildman–Crippen LogP) is 2.32. The van der Waals surface area contributed by atoms with Gasteiger partial charge >= 0.3 is 0 Å². The van der Waals surface area contributed by atoms with Gasteiger partial charge in [-0.2, -0.15) is 0 Å². The van der Waals surface area contributed by atoms with Crippen LogP contribution in [0.4, 0.5) is 0 Å². The van der Waals surface area contributed by atoms with E-state index in [-0.39, 0.29) is 24.0 Å². The molecule has 2 N–H and O–H groups in total. The van der Waals surface area contributed by atoms with Crippen LogP contribution in [0.15, 0.2) is 4.99 Å². The van der Waals surface area contributed by atoms with Gasteiger partial charge in [0.2, 0.25) is 0 Å². The van der Waals surface area contributed by atoms with Gasteiger partial charge in [-0.3, -0.25) is 4.99 Å². The summed E-state index contributed by atoms with van der Waals surface area (Å²) in [5, 5.41) is 6.67. The van der Waals surface area contributed by atoms with E-state index in [9.17, 15) is 0 Å². The maximum Gasteiger partial charge on any atom is 0.190 e. The molecule has 1 fully saturated rings. The molecule has 1 aliphatic rings. The van der Waals surface area contributed by atoms with Crippen molar-refractivity contribution in [2.75, 3.05) is 53.5 Å². The Labute approximate surface area is 153 Å². The molecule has 0 unspecified atom stereocenters. The third-order valence-electron chi connectivity index (χ3n) is 4.11. The number of rotatable bonds is 9. The second-order valence-corrected chi connectivity index (χ2v) is 6.00. The van der Waals surface area contributed by atoms with Crippen LogP contribution in [-0.4, -0.2) is 64.3 Å². The van der Waals surface area contributed by atoms with Crippen LogP contribution in [0.3, 0.4) is 0 Å². The molecule has 1 saturated heterocycles. The summed E-state index contributed by atoms with van der Waals surface area (Å²) in [5.41, 5.74) is 0. The van der Waals surface area contributed by atoms with Gasteiger partial charge in [-0.15, -0.1) is 24.0 Å². The highest BCUT2D eigenvalue weighted by molar-refractivity contribution is 14.0. The number of piperidine rings is 1. The van der Waals surface area contributed by atoms with Gasteiger partial charge in [0.15, 0.2) is 5.96 Å². The van der Waals surface area contributed by atoms with Gasteiger partial charge in [0.1, 0.15) is 0 Å². The third kappa shape index (κ3) is 10.6. The fraction of sp³-hybridized carbons (Fsp3) is 0.938. The number of halogens is 1. The number of methoxy groups -OCH3 is 1. The Kier molecular flexibility index (Phi) is 14.5. The quantitative estimate of drug-likeness (QED) is 0.257. The smallest absolute Gasteiger partial charge is 0.190 e. The Balaban J connectivity index is 0.00000441. The molecule has 0 bridgehead atoms. The highest BCUT2D eigenvalue weighted by Gasteiger charge is 2.14. The predicted molar refractivity (Wildman–Crippen MR) is 105 cm³/mol. The molecule has 1 rings (SSSR count). The van der Waals surface area contributed by atoms with Gasteiger partial charge in [0.25, 0.3) is 0 Å². The minimum atomic E-state index is 0. The first-order valence-electron chi connectivity index (χ1n) is 8.42. The van der Waals surface area contributed by atoms with E-state index in [2.05, 4.69) is 27.4 Å². The fourth-order valence-electron chi connectivity index (χ4n) is 2.60. The molecule has 132 valence electrons. The van der Waals surface area contributed by atoms with E-state index in [4.69, 9.17) is 4.74 Å². The zero-order chi connectivity index (χ0) is 15.3. The number of guanidine groups is 1. The monoisotopic (exact) mass is 426 g/mol. The van der Waals surface area contributed by atoms with E-state index < -0.39 is 0 Å². The molecular weight excluding hydrogens is 391 g/mol. The van der Waals surface area contributed by atoms with Crippen molar-refractivity contribution in [1.82, 2.24) is 15.5 Å². The van der Waals surface area contributed by atoms with Crippen LogP contribution in [0.25, 0.3) is 0 Å². The van der Waals surface area contributed by atoms with E-state index in [1.54, 1.807) is 7.11 Å². The molecule has 0 saturated carbocycles. The number of hydrogen-bond acceptors (Lipinski definition) is 3. The number of aliphatic imine (C=N–C) groups is 1. The van der Waals surface area contributed by atoms with Crippen molar-refractivity contribution in [3.63, 3.8) is 0 Å². The van der Waals surface area contributed by atoms with Crippen LogP contribution in [-0.2, 0) is 4.74 Å². The Bertz CT molecular complexity index is 281. The maximum atomic E-state index is 5.03. The number of nitrogens with one attached hydrogen (secondary N) is 2. The third-order valence-corrected chi connectivity index (χ3v) is 4.11. The number of ether oxygens (including phenoxy) is 1. The van der Waals surface area contributed by atoms with Crippen LogP contribution < -0.4 is 10.6 Å². The summed E-state index contributed by atoms with van der Waals surface area (Å²) in [6, 6.07) is 0. The molecule has 0 radical (unpaired) electrons. The Morgan fingerprint density at radius 3 is 2.36 bits per heavy atom. The molecule has 0 aliphatic carbocycles. The first kappa shape index (κ1) is 21.9. The van der Waals surface area contributed by atoms with Gasteiger partial charge in [-0.25, -0.2) is 0 Å². The largest absolute Gasteiger partial charge is 0.385 e. The minimum absolute atomic E-state index is 0. The molecule has 5 nitrogen and oxygen atoms in total. The highest BCUT2D eigenvalue weighted by Crippen LogP contribution is 2.15. The second kappa shape index (κ2) is 14.5. The Morgan fingerprint density at radius 1 is 1.14 bits per heavy atom. The zero-order valence-corrected chi connectivity index (χ0v) is 16.9. The lowest BCUT2D eigenvalue weighted by atomic mass is 9.99. The standard InChI is InChI=1S/C16H34N4O.HI/c1-15-7-12-20(13-8-15)11-5-4-9-18-16(17-2)19-10-6-14-21-3;/h15H,4-14H2,1-3H3,(H2,17,18,19);1H. The first-order chi connectivity index (χ1) is 10.3. The average molecular weight is 426 g/mol. The molecule has 6 heteroatoms. The van der Waals surface area contributed by atoms with Gasteiger partial charge in [-0.1, -0.05) is 6.92 Å². The lowest BCUT2D eigenvalue weighted by Gasteiger charge is -2.30. The van der Waals surface area contributed by atoms with E-state index in [0.29, 0.717) is 0 Å². The van der Waals surface area contributed by atoms with Crippen molar-refractivity contribution < 1.29 is 4.74 Å². The molecule has 1 heterocycles. The van der Waals surface area contributed by atoms with Crippen LogP contribution in [0.5, 0.6) is 0 Å². The number of likely N-dealkylation sites (tertiary alicyclic amines) is 1. The number of nitrogens with zero attached hydrogens (tertiary/aromatic N) is 2. The Hall–Kier alpha value is -0.0800.